The van der Waals surface area contributed by atoms with Crippen LogP contribution in [0.25, 0.3) is 0 Å². The number of nitro benzene ring substituents is 1. The summed E-state index contributed by atoms with van der Waals surface area (Å²) in [6.07, 6.45) is 7.14. The van der Waals surface area contributed by atoms with E-state index >= 15 is 0 Å². The highest BCUT2D eigenvalue weighted by molar-refractivity contribution is 5.71. The number of aromatic nitrogens is 2. The zero-order chi connectivity index (χ0) is 23.8. The number of rotatable bonds is 11. The maximum atomic E-state index is 11.6. The molecule has 0 aliphatic carbocycles. The smallest absolute Gasteiger partial charge is 0.296 e. The summed E-state index contributed by atoms with van der Waals surface area (Å²) in [5.41, 5.74) is 3.15. The molecule has 0 bridgehead atoms. The van der Waals surface area contributed by atoms with Gasteiger partial charge >= 0.3 is 0 Å². The summed E-state index contributed by atoms with van der Waals surface area (Å²) in [6, 6.07) is 22.3. The summed E-state index contributed by atoms with van der Waals surface area (Å²) in [5.74, 6) is 0.453. The number of nitro groups is 1. The highest BCUT2D eigenvalue weighted by Gasteiger charge is 2.16. The van der Waals surface area contributed by atoms with Gasteiger partial charge in [0, 0.05) is 24.3 Å². The number of anilines is 3. The van der Waals surface area contributed by atoms with Gasteiger partial charge in [0.05, 0.1) is 24.6 Å². The SMILES string of the molecule is C[n+]1ccn(CCCNc2ccc(Nc3ccc(OCc4ccccc4)cc3[N+](=O)[O-])cc2)c1. The first-order valence-corrected chi connectivity index (χ1v) is 11.1. The van der Waals surface area contributed by atoms with Crippen LogP contribution in [0.4, 0.5) is 22.7 Å². The quantitative estimate of drug-likeness (QED) is 0.142. The summed E-state index contributed by atoms with van der Waals surface area (Å²) < 4.78 is 9.91. The highest BCUT2D eigenvalue weighted by atomic mass is 16.6. The predicted molar refractivity (Wildman–Crippen MR) is 132 cm³/mol. The van der Waals surface area contributed by atoms with Crippen LogP contribution in [0.2, 0.25) is 0 Å². The summed E-state index contributed by atoms with van der Waals surface area (Å²) in [7, 11) is 2.01. The molecule has 8 nitrogen and oxygen atoms in total. The molecule has 1 aromatic heterocycles. The molecule has 0 radical (unpaired) electrons. The van der Waals surface area contributed by atoms with Gasteiger partial charge in [0.15, 0.2) is 0 Å². The second-order valence-electron chi connectivity index (χ2n) is 8.01. The van der Waals surface area contributed by atoms with E-state index in [0.717, 1.165) is 36.4 Å². The molecule has 3 aromatic carbocycles. The van der Waals surface area contributed by atoms with Crippen molar-refractivity contribution in [3.8, 4) is 5.75 Å². The second kappa shape index (κ2) is 11.0. The fourth-order valence-corrected chi connectivity index (χ4v) is 3.55. The molecule has 0 unspecified atom stereocenters. The van der Waals surface area contributed by atoms with Crippen LogP contribution in [0, 0.1) is 10.1 Å². The Morgan fingerprint density at radius 2 is 1.79 bits per heavy atom. The summed E-state index contributed by atoms with van der Waals surface area (Å²) in [6.45, 7) is 2.15. The number of imidazole rings is 1. The molecule has 0 atom stereocenters. The average molecular weight is 459 g/mol. The molecule has 8 heteroatoms. The predicted octanol–water partition coefficient (Wildman–Crippen LogP) is 5.05. The molecule has 174 valence electrons. The molecule has 34 heavy (non-hydrogen) atoms. The number of aryl methyl sites for hydroxylation is 2. The van der Waals surface area contributed by atoms with Gasteiger partial charge in [-0.1, -0.05) is 30.3 Å². The van der Waals surface area contributed by atoms with E-state index in [9.17, 15) is 10.1 Å². The van der Waals surface area contributed by atoms with Crippen molar-refractivity contribution in [2.24, 2.45) is 7.05 Å². The Bertz CT molecular complexity index is 1220. The number of hydrogen-bond donors (Lipinski definition) is 2. The van der Waals surface area contributed by atoms with Crippen molar-refractivity contribution in [3.63, 3.8) is 0 Å². The molecule has 0 spiro atoms. The molecule has 0 saturated carbocycles. The van der Waals surface area contributed by atoms with Crippen molar-refractivity contribution >= 4 is 22.7 Å². The van der Waals surface area contributed by atoms with Crippen LogP contribution in [0.15, 0.2) is 91.5 Å². The highest BCUT2D eigenvalue weighted by Crippen LogP contribution is 2.32. The van der Waals surface area contributed by atoms with Crippen molar-refractivity contribution in [2.75, 3.05) is 17.2 Å². The van der Waals surface area contributed by atoms with Crippen LogP contribution >= 0.6 is 0 Å². The third kappa shape index (κ3) is 6.35. The van der Waals surface area contributed by atoms with E-state index in [1.165, 1.54) is 6.07 Å². The zero-order valence-electron chi connectivity index (χ0n) is 19.1. The minimum Gasteiger partial charge on any atom is -0.489 e. The van der Waals surface area contributed by atoms with Gasteiger partial charge in [0.2, 0.25) is 6.33 Å². The van der Waals surface area contributed by atoms with Gasteiger partial charge < -0.3 is 15.4 Å². The van der Waals surface area contributed by atoms with Gasteiger partial charge in [-0.25, -0.2) is 9.13 Å². The van der Waals surface area contributed by atoms with Crippen LogP contribution in [-0.2, 0) is 20.2 Å². The molecular formula is C26H28N5O3+. The van der Waals surface area contributed by atoms with Crippen molar-refractivity contribution < 1.29 is 14.2 Å². The normalized spacial score (nSPS) is 10.6. The van der Waals surface area contributed by atoms with E-state index in [0.29, 0.717) is 18.0 Å². The van der Waals surface area contributed by atoms with Gasteiger partial charge in [-0.15, -0.1) is 0 Å². The molecule has 1 heterocycles. The Balaban J connectivity index is 1.32. The lowest BCUT2D eigenvalue weighted by Crippen LogP contribution is -2.23. The fourth-order valence-electron chi connectivity index (χ4n) is 3.55. The molecular weight excluding hydrogens is 430 g/mol. The van der Waals surface area contributed by atoms with Gasteiger partial charge in [0.1, 0.15) is 30.4 Å². The van der Waals surface area contributed by atoms with Crippen LogP contribution in [0.1, 0.15) is 12.0 Å². The molecule has 4 aromatic rings. The third-order valence-corrected chi connectivity index (χ3v) is 5.32. The first-order chi connectivity index (χ1) is 16.6. The molecule has 0 saturated heterocycles. The van der Waals surface area contributed by atoms with Gasteiger partial charge in [-0.05, 0) is 42.0 Å². The Morgan fingerprint density at radius 1 is 1.03 bits per heavy atom. The summed E-state index contributed by atoms with van der Waals surface area (Å²) >= 11 is 0. The first kappa shape index (κ1) is 22.8. The maximum Gasteiger partial charge on any atom is 0.296 e. The van der Waals surface area contributed by atoms with Gasteiger partial charge in [-0.2, -0.15) is 0 Å². The lowest BCUT2D eigenvalue weighted by molar-refractivity contribution is -0.671. The summed E-state index contributed by atoms with van der Waals surface area (Å²) in [4.78, 5) is 11.2. The first-order valence-electron chi connectivity index (χ1n) is 11.1. The topological polar surface area (TPSA) is 85.2 Å². The van der Waals surface area contributed by atoms with Crippen LogP contribution in [0.5, 0.6) is 5.75 Å². The van der Waals surface area contributed by atoms with Crippen molar-refractivity contribution in [1.82, 2.24) is 4.57 Å². The zero-order valence-corrected chi connectivity index (χ0v) is 19.1. The average Bonchev–Trinajstić information content (AvgIpc) is 3.27. The lowest BCUT2D eigenvalue weighted by Gasteiger charge is -2.11. The van der Waals surface area contributed by atoms with Crippen molar-refractivity contribution in [3.05, 3.63) is 107 Å². The Labute approximate surface area is 198 Å². The van der Waals surface area contributed by atoms with E-state index in [1.54, 1.807) is 12.1 Å². The molecule has 4 rings (SSSR count). The maximum absolute atomic E-state index is 11.6. The number of benzene rings is 3. The molecule has 0 aliphatic rings. The number of hydrogen-bond acceptors (Lipinski definition) is 5. The standard InChI is InChI=1S/C26H28N5O3/c1-29-16-17-30(20-29)15-5-14-27-22-8-10-23(11-9-22)28-25-13-12-24(18-26(25)31(32)33)34-19-21-6-3-2-4-7-21/h2-4,6-13,16-18,20,27-28H,5,14-15,19H2,1H3/q+1. The number of nitrogens with zero attached hydrogens (tertiary/aromatic N) is 3. The fraction of sp³-hybridized carbons (Fsp3) is 0.192. The van der Waals surface area contributed by atoms with Gasteiger partial charge in [0.25, 0.3) is 5.69 Å². The van der Waals surface area contributed by atoms with Gasteiger partial charge in [-0.3, -0.25) is 10.1 Å². The second-order valence-corrected chi connectivity index (χ2v) is 8.01. The van der Waals surface area contributed by atoms with Crippen molar-refractivity contribution in [1.29, 1.82) is 0 Å². The molecule has 0 amide bonds. The Morgan fingerprint density at radius 3 is 2.50 bits per heavy atom. The van der Waals surface area contributed by atoms with E-state index in [1.807, 2.05) is 72.4 Å². The van der Waals surface area contributed by atoms with Crippen LogP contribution in [-0.4, -0.2) is 16.0 Å². The lowest BCUT2D eigenvalue weighted by atomic mass is 10.2. The van der Waals surface area contributed by atoms with E-state index in [4.69, 9.17) is 4.74 Å². The Hall–Kier alpha value is -4.33. The van der Waals surface area contributed by atoms with Crippen LogP contribution < -0.4 is 19.9 Å². The largest absolute Gasteiger partial charge is 0.489 e. The molecule has 0 fully saturated rings. The minimum absolute atomic E-state index is 0.0359. The monoisotopic (exact) mass is 458 g/mol. The van der Waals surface area contributed by atoms with E-state index < -0.39 is 4.92 Å². The number of nitrogens with one attached hydrogen (secondary N) is 2. The van der Waals surface area contributed by atoms with E-state index in [-0.39, 0.29) is 5.69 Å². The van der Waals surface area contributed by atoms with Crippen molar-refractivity contribution in [2.45, 2.75) is 19.6 Å². The van der Waals surface area contributed by atoms with Crippen LogP contribution in [0.3, 0.4) is 0 Å². The molecule has 0 aliphatic heterocycles. The van der Waals surface area contributed by atoms with E-state index in [2.05, 4.69) is 27.7 Å². The third-order valence-electron chi connectivity index (χ3n) is 5.32. The number of ether oxygens (including phenoxy) is 1. The molecule has 2 N–H and O–H groups in total. The minimum atomic E-state index is -0.404. The summed E-state index contributed by atoms with van der Waals surface area (Å²) in [5, 5.41) is 18.2. The Kier molecular flexibility index (Phi) is 7.39.